The van der Waals surface area contributed by atoms with Crippen LogP contribution in [0.1, 0.15) is 27.7 Å². The highest BCUT2D eigenvalue weighted by atomic mass is 19.4. The Bertz CT molecular complexity index is 282. The zero-order chi connectivity index (χ0) is 13.9. The van der Waals surface area contributed by atoms with Gasteiger partial charge in [-0.25, -0.2) is 0 Å². The summed E-state index contributed by atoms with van der Waals surface area (Å²) in [5, 5.41) is 0. The second-order valence-electron chi connectivity index (χ2n) is 4.84. The van der Waals surface area contributed by atoms with E-state index in [1.165, 1.54) is 0 Å². The highest BCUT2D eigenvalue weighted by Gasteiger charge is 2.81. The maximum atomic E-state index is 12.6. The predicted molar refractivity (Wildman–Crippen MR) is 45.2 cm³/mol. The Morgan fingerprint density at radius 2 is 0.882 bits per heavy atom. The van der Waals surface area contributed by atoms with E-state index in [1.807, 2.05) is 0 Å². The zero-order valence-electron chi connectivity index (χ0n) is 9.58. The lowest BCUT2D eigenvalue weighted by Crippen LogP contribution is -2.58. The highest BCUT2D eigenvalue weighted by Crippen LogP contribution is 2.57. The fourth-order valence-electron chi connectivity index (χ4n) is 1.38. The molecular weight excluding hydrogens is 254 g/mol. The molecule has 1 aliphatic rings. The van der Waals surface area contributed by atoms with Crippen molar-refractivity contribution in [1.82, 2.24) is 0 Å². The van der Waals surface area contributed by atoms with E-state index in [0.29, 0.717) is 0 Å². The smallest absolute Gasteiger partial charge is 0.326 e. The molecule has 1 heterocycles. The fraction of sp³-hybridized carbons (Fsp3) is 1.00. The van der Waals surface area contributed by atoms with Gasteiger partial charge in [0.05, 0.1) is 11.2 Å². The van der Waals surface area contributed by atoms with Crippen LogP contribution in [0, 0.1) is 0 Å². The minimum atomic E-state index is -5.70. The van der Waals surface area contributed by atoms with E-state index in [9.17, 15) is 26.3 Å². The van der Waals surface area contributed by atoms with Gasteiger partial charge in [0, 0.05) is 0 Å². The minimum absolute atomic E-state index is 1.12. The lowest BCUT2D eigenvalue weighted by atomic mass is 9.90. The first-order valence-corrected chi connectivity index (χ1v) is 4.70. The van der Waals surface area contributed by atoms with Crippen molar-refractivity contribution in [2.75, 3.05) is 0 Å². The monoisotopic (exact) mass is 266 g/mol. The Labute approximate surface area is 93.9 Å². The Hall–Kier alpha value is -0.500. The Morgan fingerprint density at radius 1 is 0.647 bits per heavy atom. The van der Waals surface area contributed by atoms with E-state index < -0.39 is 29.3 Å². The van der Waals surface area contributed by atoms with E-state index in [0.717, 1.165) is 27.7 Å². The van der Waals surface area contributed by atoms with Crippen LogP contribution in [-0.4, -0.2) is 29.3 Å². The minimum Gasteiger partial charge on any atom is -0.326 e. The lowest BCUT2D eigenvalue weighted by molar-refractivity contribution is -0.451. The van der Waals surface area contributed by atoms with Crippen LogP contribution in [0.15, 0.2) is 0 Å². The molecule has 0 bridgehead atoms. The van der Waals surface area contributed by atoms with Crippen LogP contribution in [0.2, 0.25) is 0 Å². The molecule has 0 unspecified atom stereocenters. The molecule has 0 N–H and O–H groups in total. The van der Waals surface area contributed by atoms with Crippen LogP contribution in [0.4, 0.5) is 26.3 Å². The van der Waals surface area contributed by atoms with Gasteiger partial charge in [-0.3, -0.25) is 0 Å². The third-order valence-electron chi connectivity index (χ3n) is 2.99. The molecule has 0 aromatic rings. The van der Waals surface area contributed by atoms with Crippen molar-refractivity contribution in [1.29, 1.82) is 0 Å². The molecule has 1 fully saturated rings. The van der Waals surface area contributed by atoms with Gasteiger partial charge in [-0.05, 0) is 27.7 Å². The highest BCUT2D eigenvalue weighted by molar-refractivity contribution is 5.04. The van der Waals surface area contributed by atoms with Crippen molar-refractivity contribution >= 4 is 0 Å². The molecule has 0 aliphatic carbocycles. The van der Waals surface area contributed by atoms with Gasteiger partial charge in [-0.15, -0.1) is 0 Å². The largest absolute Gasteiger partial charge is 0.453 e. The molecule has 0 aromatic carbocycles. The summed E-state index contributed by atoms with van der Waals surface area (Å²) in [5.41, 5.74) is -3.45. The quantitative estimate of drug-likeness (QED) is 0.625. The second kappa shape index (κ2) is 3.28. The summed E-state index contributed by atoms with van der Waals surface area (Å²) < 4.78 is 84.2. The van der Waals surface area contributed by atoms with Gasteiger partial charge in [0.2, 0.25) is 0 Å². The van der Waals surface area contributed by atoms with Crippen LogP contribution in [0.25, 0.3) is 0 Å². The second-order valence-corrected chi connectivity index (χ2v) is 4.84. The first-order chi connectivity index (χ1) is 7.16. The van der Waals surface area contributed by atoms with Gasteiger partial charge >= 0.3 is 18.1 Å². The van der Waals surface area contributed by atoms with Gasteiger partial charge < -0.3 is 9.47 Å². The van der Waals surface area contributed by atoms with Crippen LogP contribution >= 0.6 is 0 Å². The van der Waals surface area contributed by atoms with Crippen LogP contribution in [0.3, 0.4) is 0 Å². The summed E-state index contributed by atoms with van der Waals surface area (Å²) >= 11 is 0. The zero-order valence-corrected chi connectivity index (χ0v) is 9.58. The molecule has 2 nitrogen and oxygen atoms in total. The summed E-state index contributed by atoms with van der Waals surface area (Å²) in [6, 6.07) is 0. The number of hydrogen-bond donors (Lipinski definition) is 0. The number of rotatable bonds is 0. The summed E-state index contributed by atoms with van der Waals surface area (Å²) in [6.07, 6.45) is -11.4. The molecule has 0 amide bonds. The molecule has 102 valence electrons. The van der Waals surface area contributed by atoms with Crippen molar-refractivity contribution in [3.8, 4) is 0 Å². The Morgan fingerprint density at radius 3 is 1.00 bits per heavy atom. The van der Waals surface area contributed by atoms with Crippen LogP contribution in [0.5, 0.6) is 0 Å². The molecule has 0 atom stereocenters. The molecule has 17 heavy (non-hydrogen) atoms. The SMILES string of the molecule is CC1(C)OC(C(F)(F)F)(C(F)(F)F)OC1(C)C. The molecule has 8 heteroatoms. The van der Waals surface area contributed by atoms with Gasteiger partial charge in [-0.1, -0.05) is 0 Å². The van der Waals surface area contributed by atoms with E-state index in [-0.39, 0.29) is 0 Å². The molecule has 0 aromatic heterocycles. The first kappa shape index (κ1) is 14.6. The van der Waals surface area contributed by atoms with Crippen molar-refractivity contribution in [3.63, 3.8) is 0 Å². The number of hydrogen-bond acceptors (Lipinski definition) is 2. The summed E-state index contributed by atoms with van der Waals surface area (Å²) in [5.74, 6) is -4.56. The summed E-state index contributed by atoms with van der Waals surface area (Å²) in [4.78, 5) is 0. The Balaban J connectivity index is 3.34. The third kappa shape index (κ3) is 1.91. The van der Waals surface area contributed by atoms with Gasteiger partial charge in [0.25, 0.3) is 0 Å². The lowest BCUT2D eigenvalue weighted by Gasteiger charge is -2.32. The van der Waals surface area contributed by atoms with Crippen LogP contribution < -0.4 is 0 Å². The van der Waals surface area contributed by atoms with Crippen molar-refractivity contribution in [2.24, 2.45) is 0 Å². The molecule has 0 spiro atoms. The Kier molecular flexibility index (Phi) is 2.81. The standard InChI is InChI=1S/C9H12F6O2/c1-5(2)6(3,4)17-7(16-5,8(10,11)12)9(13,14)15/h1-4H3. The normalized spacial score (nSPS) is 27.2. The molecule has 0 radical (unpaired) electrons. The fourth-order valence-corrected chi connectivity index (χ4v) is 1.38. The van der Waals surface area contributed by atoms with E-state index in [2.05, 4.69) is 9.47 Å². The molecule has 1 rings (SSSR count). The summed E-state index contributed by atoms with van der Waals surface area (Å²) in [7, 11) is 0. The third-order valence-corrected chi connectivity index (χ3v) is 2.99. The van der Waals surface area contributed by atoms with E-state index in [1.54, 1.807) is 0 Å². The van der Waals surface area contributed by atoms with E-state index >= 15 is 0 Å². The summed E-state index contributed by atoms with van der Waals surface area (Å²) in [6.45, 7) is 4.47. The van der Waals surface area contributed by atoms with Gasteiger partial charge in [-0.2, -0.15) is 26.3 Å². The van der Waals surface area contributed by atoms with Crippen LogP contribution in [-0.2, 0) is 9.47 Å². The van der Waals surface area contributed by atoms with Gasteiger partial charge in [0.15, 0.2) is 0 Å². The molecule has 0 saturated carbocycles. The molecule has 1 aliphatic heterocycles. The molecule has 1 saturated heterocycles. The van der Waals surface area contributed by atoms with Crippen molar-refractivity contribution < 1.29 is 35.8 Å². The maximum absolute atomic E-state index is 12.6. The molecular formula is C9H12F6O2. The van der Waals surface area contributed by atoms with Crippen molar-refractivity contribution in [3.05, 3.63) is 0 Å². The average molecular weight is 266 g/mol. The number of alkyl halides is 6. The first-order valence-electron chi connectivity index (χ1n) is 4.70. The van der Waals surface area contributed by atoms with Gasteiger partial charge in [0.1, 0.15) is 0 Å². The van der Waals surface area contributed by atoms with Crippen molar-refractivity contribution in [2.45, 2.75) is 57.0 Å². The predicted octanol–water partition coefficient (Wildman–Crippen LogP) is 3.41. The average Bonchev–Trinajstić information content (AvgIpc) is 2.15. The number of ether oxygens (including phenoxy) is 2. The van der Waals surface area contributed by atoms with E-state index in [4.69, 9.17) is 0 Å². The number of halogens is 6. The topological polar surface area (TPSA) is 18.5 Å². The maximum Gasteiger partial charge on any atom is 0.453 e.